The Labute approximate surface area is 192 Å². The monoisotopic (exact) mass is 460 g/mol. The molecule has 1 fully saturated rings. The van der Waals surface area contributed by atoms with Crippen LogP contribution in [-0.2, 0) is 35.5 Å². The average Bonchev–Trinajstić information content (AvgIpc) is 3.55. The van der Waals surface area contributed by atoms with Crippen LogP contribution in [0.4, 0.5) is 0 Å². The first-order valence-electron chi connectivity index (χ1n) is 11.3. The molecule has 0 saturated carbocycles. The summed E-state index contributed by atoms with van der Waals surface area (Å²) in [5.41, 5.74) is 4.85. The van der Waals surface area contributed by atoms with Crippen molar-refractivity contribution in [2.24, 2.45) is 0 Å². The average molecular weight is 461 g/mol. The molecule has 4 heterocycles. The van der Waals surface area contributed by atoms with E-state index in [-0.39, 0.29) is 18.2 Å². The van der Waals surface area contributed by atoms with Gasteiger partial charge in [0.05, 0.1) is 30.8 Å². The fraction of sp³-hybridized carbons (Fsp3) is 0.636. The van der Waals surface area contributed by atoms with E-state index in [1.165, 1.54) is 17.8 Å². The van der Waals surface area contributed by atoms with Gasteiger partial charge in [0.15, 0.2) is 5.69 Å². The maximum Gasteiger partial charge on any atom is 0.272 e. The van der Waals surface area contributed by atoms with Crippen LogP contribution in [0.15, 0.2) is 10.9 Å². The third kappa shape index (κ3) is 5.02. The standard InChI is InChI=1S/C22H32N6O3S/c1-3-26-7-4-5-17(26)12-23-22(30)21-18-13-27(20(29)11-16-14-32-15-24-16)8-6-19(18)28(25-21)9-10-31-2/h14-15,17H,3-13H2,1-2H3,(H,23,30). The van der Waals surface area contributed by atoms with Crippen molar-refractivity contribution in [3.8, 4) is 0 Å². The van der Waals surface area contributed by atoms with Gasteiger partial charge in [-0.15, -0.1) is 11.3 Å². The highest BCUT2D eigenvalue weighted by molar-refractivity contribution is 7.07. The summed E-state index contributed by atoms with van der Waals surface area (Å²) in [5.74, 6) is -0.128. The minimum absolute atomic E-state index is 0.0297. The summed E-state index contributed by atoms with van der Waals surface area (Å²) in [6, 6.07) is 0.381. The summed E-state index contributed by atoms with van der Waals surface area (Å²) in [6.07, 6.45) is 3.24. The zero-order chi connectivity index (χ0) is 22.5. The summed E-state index contributed by atoms with van der Waals surface area (Å²) in [4.78, 5) is 34.4. The van der Waals surface area contributed by atoms with E-state index in [0.29, 0.717) is 50.9 Å². The van der Waals surface area contributed by atoms with E-state index in [1.54, 1.807) is 12.6 Å². The summed E-state index contributed by atoms with van der Waals surface area (Å²) < 4.78 is 7.11. The molecule has 0 aliphatic carbocycles. The number of methoxy groups -OCH3 is 1. The molecular weight excluding hydrogens is 428 g/mol. The van der Waals surface area contributed by atoms with Gasteiger partial charge in [0.1, 0.15) is 0 Å². The maximum absolute atomic E-state index is 13.1. The van der Waals surface area contributed by atoms with E-state index in [4.69, 9.17) is 4.74 Å². The van der Waals surface area contributed by atoms with Gasteiger partial charge in [0.25, 0.3) is 5.91 Å². The molecule has 0 bridgehead atoms. The number of likely N-dealkylation sites (tertiary alicyclic amines) is 1. The van der Waals surface area contributed by atoms with E-state index < -0.39 is 0 Å². The number of aromatic nitrogens is 3. The Balaban J connectivity index is 1.49. The summed E-state index contributed by atoms with van der Waals surface area (Å²) in [7, 11) is 1.66. The number of carbonyl (C=O) groups excluding carboxylic acids is 2. The Morgan fingerprint density at radius 3 is 2.97 bits per heavy atom. The van der Waals surface area contributed by atoms with Crippen molar-refractivity contribution >= 4 is 23.2 Å². The molecular formula is C22H32N6O3S. The fourth-order valence-corrected chi connectivity index (χ4v) is 5.24. The minimum atomic E-state index is -0.158. The summed E-state index contributed by atoms with van der Waals surface area (Å²) >= 11 is 1.49. The molecule has 32 heavy (non-hydrogen) atoms. The molecule has 0 aromatic carbocycles. The number of rotatable bonds is 9. The van der Waals surface area contributed by atoms with Gasteiger partial charge in [0.2, 0.25) is 5.91 Å². The van der Waals surface area contributed by atoms with E-state index in [2.05, 4.69) is 27.2 Å². The number of likely N-dealkylation sites (N-methyl/N-ethyl adjacent to an activating group) is 1. The molecule has 2 aromatic heterocycles. The molecule has 1 unspecified atom stereocenters. The molecule has 9 nitrogen and oxygen atoms in total. The molecule has 174 valence electrons. The number of fused-ring (bicyclic) bond motifs is 1. The van der Waals surface area contributed by atoms with Gasteiger partial charge in [-0.05, 0) is 25.9 Å². The Kier molecular flexibility index (Phi) is 7.54. The van der Waals surface area contributed by atoms with Gasteiger partial charge in [-0.25, -0.2) is 4.98 Å². The predicted octanol–water partition coefficient (Wildman–Crippen LogP) is 1.33. The van der Waals surface area contributed by atoms with Crippen molar-refractivity contribution in [1.82, 2.24) is 29.9 Å². The Hall–Kier alpha value is -2.30. The molecule has 2 aliphatic heterocycles. The molecule has 2 aromatic rings. The highest BCUT2D eigenvalue weighted by atomic mass is 32.1. The Bertz CT molecular complexity index is 928. The second-order valence-corrected chi connectivity index (χ2v) is 9.06. The lowest BCUT2D eigenvalue weighted by atomic mass is 10.0. The van der Waals surface area contributed by atoms with Crippen LogP contribution in [0.1, 0.15) is 47.2 Å². The second kappa shape index (κ2) is 10.5. The molecule has 1 saturated heterocycles. The van der Waals surface area contributed by atoms with Crippen molar-refractivity contribution < 1.29 is 14.3 Å². The first-order chi connectivity index (χ1) is 15.6. The third-order valence-electron chi connectivity index (χ3n) is 6.43. The first kappa shape index (κ1) is 22.9. The Morgan fingerprint density at radius 2 is 2.22 bits per heavy atom. The lowest BCUT2D eigenvalue weighted by Crippen LogP contribution is -2.41. The molecule has 0 radical (unpaired) electrons. The van der Waals surface area contributed by atoms with Gasteiger partial charge in [0, 0.05) is 55.8 Å². The molecule has 2 amide bonds. The van der Waals surface area contributed by atoms with Crippen LogP contribution < -0.4 is 5.32 Å². The predicted molar refractivity (Wildman–Crippen MR) is 122 cm³/mol. The zero-order valence-corrected chi connectivity index (χ0v) is 19.7. The topological polar surface area (TPSA) is 92.6 Å². The second-order valence-electron chi connectivity index (χ2n) is 8.35. The minimum Gasteiger partial charge on any atom is -0.383 e. The number of hydrogen-bond acceptors (Lipinski definition) is 7. The van der Waals surface area contributed by atoms with Gasteiger partial charge in [-0.1, -0.05) is 6.92 Å². The molecule has 10 heteroatoms. The van der Waals surface area contributed by atoms with Crippen LogP contribution in [0.25, 0.3) is 0 Å². The lowest BCUT2D eigenvalue weighted by molar-refractivity contribution is -0.131. The van der Waals surface area contributed by atoms with Crippen molar-refractivity contribution in [2.45, 2.75) is 51.7 Å². The molecule has 0 spiro atoms. The van der Waals surface area contributed by atoms with Gasteiger partial charge in [-0.2, -0.15) is 5.10 Å². The number of amides is 2. The van der Waals surface area contributed by atoms with Crippen molar-refractivity contribution in [2.75, 3.05) is 39.9 Å². The van der Waals surface area contributed by atoms with Crippen LogP contribution >= 0.6 is 11.3 Å². The number of thiazole rings is 1. The van der Waals surface area contributed by atoms with Crippen LogP contribution in [0.5, 0.6) is 0 Å². The number of nitrogens with zero attached hydrogens (tertiary/aromatic N) is 5. The molecule has 1 N–H and O–H groups in total. The van der Waals surface area contributed by atoms with Gasteiger partial charge in [-0.3, -0.25) is 19.2 Å². The highest BCUT2D eigenvalue weighted by Gasteiger charge is 2.31. The molecule has 4 rings (SSSR count). The van der Waals surface area contributed by atoms with Gasteiger partial charge >= 0.3 is 0 Å². The molecule has 1 atom stereocenters. The van der Waals surface area contributed by atoms with Gasteiger partial charge < -0.3 is 15.0 Å². The smallest absolute Gasteiger partial charge is 0.272 e. The van der Waals surface area contributed by atoms with Crippen LogP contribution in [0.3, 0.4) is 0 Å². The largest absolute Gasteiger partial charge is 0.383 e. The van der Waals surface area contributed by atoms with E-state index in [1.807, 2.05) is 15.0 Å². The zero-order valence-electron chi connectivity index (χ0n) is 18.9. The number of carbonyl (C=O) groups is 2. The van der Waals surface area contributed by atoms with Crippen molar-refractivity contribution in [3.05, 3.63) is 33.5 Å². The lowest BCUT2D eigenvalue weighted by Gasteiger charge is -2.28. The summed E-state index contributed by atoms with van der Waals surface area (Å²) in [5, 5.41) is 9.65. The van der Waals surface area contributed by atoms with E-state index in [0.717, 1.165) is 36.5 Å². The number of ether oxygens (including phenoxy) is 1. The summed E-state index contributed by atoms with van der Waals surface area (Å²) in [6.45, 7) is 7.00. The van der Waals surface area contributed by atoms with Crippen LogP contribution in [0, 0.1) is 0 Å². The first-order valence-corrected chi connectivity index (χ1v) is 12.3. The van der Waals surface area contributed by atoms with Crippen LogP contribution in [0.2, 0.25) is 0 Å². The molecule has 2 aliphatic rings. The third-order valence-corrected chi connectivity index (χ3v) is 7.06. The van der Waals surface area contributed by atoms with Crippen molar-refractivity contribution in [1.29, 1.82) is 0 Å². The van der Waals surface area contributed by atoms with Crippen LogP contribution in [-0.4, -0.2) is 82.3 Å². The number of nitrogens with one attached hydrogen (secondary N) is 1. The normalized spacial score (nSPS) is 18.7. The number of hydrogen-bond donors (Lipinski definition) is 1. The quantitative estimate of drug-likeness (QED) is 0.607. The fourth-order valence-electron chi connectivity index (χ4n) is 4.68. The Morgan fingerprint density at radius 1 is 1.34 bits per heavy atom. The van der Waals surface area contributed by atoms with E-state index in [9.17, 15) is 9.59 Å². The van der Waals surface area contributed by atoms with Crippen molar-refractivity contribution in [3.63, 3.8) is 0 Å². The SMILES string of the molecule is CCN1CCCC1CNC(=O)c1nn(CCOC)c2c1CN(C(=O)Cc1cscn1)CC2. The highest BCUT2D eigenvalue weighted by Crippen LogP contribution is 2.24. The van der Waals surface area contributed by atoms with E-state index >= 15 is 0 Å². The maximum atomic E-state index is 13.1.